The van der Waals surface area contributed by atoms with Gasteiger partial charge in [-0.3, -0.25) is 0 Å². The lowest BCUT2D eigenvalue weighted by molar-refractivity contribution is -0.153. The van der Waals surface area contributed by atoms with Crippen LogP contribution < -0.4 is 15.4 Å². The zero-order chi connectivity index (χ0) is 13.2. The fraction of sp³-hybridized carbons (Fsp3) is 0.545. The van der Waals surface area contributed by atoms with E-state index in [0.29, 0.717) is 12.4 Å². The summed E-state index contributed by atoms with van der Waals surface area (Å²) in [6.45, 7) is 0.128. The number of nitrogens with zero attached hydrogens (tertiary/aromatic N) is 2. The standard InChI is InChI=1S/C11H14F3N3O/c12-11(13,14)7-18-9-1-3-16-10(5-9)17-4-2-8(15)6-17/h1,3,5,8H,2,4,6-7,15H2. The van der Waals surface area contributed by atoms with Crippen molar-refractivity contribution in [2.75, 3.05) is 24.6 Å². The van der Waals surface area contributed by atoms with E-state index in [-0.39, 0.29) is 11.8 Å². The van der Waals surface area contributed by atoms with E-state index in [1.807, 2.05) is 4.90 Å². The molecule has 4 nitrogen and oxygen atoms in total. The summed E-state index contributed by atoms with van der Waals surface area (Å²) in [6, 6.07) is 3.00. The molecule has 1 aliphatic rings. The first kappa shape index (κ1) is 12.9. The summed E-state index contributed by atoms with van der Waals surface area (Å²) in [5.74, 6) is 0.764. The molecule has 1 saturated heterocycles. The van der Waals surface area contributed by atoms with E-state index >= 15 is 0 Å². The Bertz CT molecular complexity index is 411. The Morgan fingerprint density at radius 3 is 2.89 bits per heavy atom. The minimum Gasteiger partial charge on any atom is -0.484 e. The molecule has 2 rings (SSSR count). The molecule has 0 spiro atoms. The summed E-state index contributed by atoms with van der Waals surface area (Å²) in [6.07, 6.45) is -2.04. The first-order chi connectivity index (χ1) is 8.44. The number of nitrogens with two attached hydrogens (primary N) is 1. The van der Waals surface area contributed by atoms with Gasteiger partial charge < -0.3 is 15.4 Å². The third-order valence-corrected chi connectivity index (χ3v) is 2.67. The van der Waals surface area contributed by atoms with Crippen LogP contribution in [0, 0.1) is 0 Å². The number of anilines is 1. The Balaban J connectivity index is 2.01. The number of hydrogen-bond donors (Lipinski definition) is 1. The number of hydrogen-bond acceptors (Lipinski definition) is 4. The lowest BCUT2D eigenvalue weighted by atomic mass is 10.3. The topological polar surface area (TPSA) is 51.4 Å². The molecule has 1 unspecified atom stereocenters. The molecule has 2 heterocycles. The molecule has 1 aromatic rings. The molecule has 0 bridgehead atoms. The van der Waals surface area contributed by atoms with Gasteiger partial charge in [0, 0.05) is 31.4 Å². The number of pyridine rings is 1. The van der Waals surface area contributed by atoms with Gasteiger partial charge in [0.15, 0.2) is 6.61 Å². The van der Waals surface area contributed by atoms with Gasteiger partial charge in [0.05, 0.1) is 0 Å². The minimum absolute atomic E-state index is 0.0894. The molecule has 0 saturated carbocycles. The number of aromatic nitrogens is 1. The molecule has 100 valence electrons. The Morgan fingerprint density at radius 2 is 2.28 bits per heavy atom. The van der Waals surface area contributed by atoms with Crippen molar-refractivity contribution in [3.63, 3.8) is 0 Å². The second kappa shape index (κ2) is 5.01. The fourth-order valence-electron chi connectivity index (χ4n) is 1.82. The third-order valence-electron chi connectivity index (χ3n) is 2.67. The summed E-state index contributed by atoms with van der Waals surface area (Å²) in [7, 11) is 0. The van der Waals surface area contributed by atoms with Crippen LogP contribution in [-0.2, 0) is 0 Å². The molecular weight excluding hydrogens is 247 g/mol. The summed E-state index contributed by atoms with van der Waals surface area (Å²) in [5.41, 5.74) is 5.77. The van der Waals surface area contributed by atoms with Crippen LogP contribution in [-0.4, -0.2) is 36.9 Å². The highest BCUT2D eigenvalue weighted by Gasteiger charge is 2.28. The lowest BCUT2D eigenvalue weighted by Crippen LogP contribution is -2.26. The van der Waals surface area contributed by atoms with Crippen LogP contribution in [0.5, 0.6) is 5.75 Å². The SMILES string of the molecule is NC1CCN(c2cc(OCC(F)(F)F)ccn2)C1. The van der Waals surface area contributed by atoms with Gasteiger partial charge in [-0.25, -0.2) is 4.98 Å². The van der Waals surface area contributed by atoms with Gasteiger partial charge in [-0.2, -0.15) is 13.2 Å². The maximum absolute atomic E-state index is 12.0. The smallest absolute Gasteiger partial charge is 0.422 e. The van der Waals surface area contributed by atoms with Gasteiger partial charge in [-0.05, 0) is 12.5 Å². The number of alkyl halides is 3. The maximum atomic E-state index is 12.0. The first-order valence-corrected chi connectivity index (χ1v) is 5.60. The Hall–Kier alpha value is -1.50. The van der Waals surface area contributed by atoms with Crippen molar-refractivity contribution in [1.29, 1.82) is 0 Å². The quantitative estimate of drug-likeness (QED) is 0.897. The van der Waals surface area contributed by atoms with Crippen molar-refractivity contribution in [1.82, 2.24) is 4.98 Å². The Morgan fingerprint density at radius 1 is 1.50 bits per heavy atom. The van der Waals surface area contributed by atoms with Crippen LogP contribution in [0.15, 0.2) is 18.3 Å². The van der Waals surface area contributed by atoms with Crippen LogP contribution in [0.4, 0.5) is 19.0 Å². The predicted octanol–water partition coefficient (Wildman–Crippen LogP) is 1.56. The van der Waals surface area contributed by atoms with Crippen LogP contribution in [0.3, 0.4) is 0 Å². The molecule has 1 atom stereocenters. The predicted molar refractivity (Wildman–Crippen MR) is 60.6 cm³/mol. The number of ether oxygens (including phenoxy) is 1. The van der Waals surface area contributed by atoms with Crippen molar-refractivity contribution < 1.29 is 17.9 Å². The molecule has 2 N–H and O–H groups in total. The molecule has 1 aliphatic heterocycles. The van der Waals surface area contributed by atoms with Crippen LogP contribution in [0.1, 0.15) is 6.42 Å². The molecular formula is C11H14F3N3O. The van der Waals surface area contributed by atoms with Crippen LogP contribution >= 0.6 is 0 Å². The highest BCUT2D eigenvalue weighted by Crippen LogP contribution is 2.23. The number of halogens is 3. The lowest BCUT2D eigenvalue weighted by Gasteiger charge is -2.17. The first-order valence-electron chi connectivity index (χ1n) is 5.60. The second-order valence-electron chi connectivity index (χ2n) is 4.25. The van der Waals surface area contributed by atoms with E-state index in [2.05, 4.69) is 9.72 Å². The van der Waals surface area contributed by atoms with Gasteiger partial charge in [-0.15, -0.1) is 0 Å². The van der Waals surface area contributed by atoms with Gasteiger partial charge in [-0.1, -0.05) is 0 Å². The van der Waals surface area contributed by atoms with Crippen LogP contribution in [0.2, 0.25) is 0 Å². The van der Waals surface area contributed by atoms with Gasteiger partial charge in [0.25, 0.3) is 0 Å². The fourth-order valence-corrected chi connectivity index (χ4v) is 1.82. The molecule has 0 amide bonds. The van der Waals surface area contributed by atoms with E-state index in [1.165, 1.54) is 18.3 Å². The van der Waals surface area contributed by atoms with Gasteiger partial charge in [0.2, 0.25) is 0 Å². The normalized spacial score (nSPS) is 20.2. The number of rotatable bonds is 3. The van der Waals surface area contributed by atoms with Gasteiger partial charge >= 0.3 is 6.18 Å². The Labute approximate surface area is 103 Å². The molecule has 0 aliphatic carbocycles. The summed E-state index contributed by atoms with van der Waals surface area (Å²) in [5, 5.41) is 0. The molecule has 1 fully saturated rings. The molecule has 1 aromatic heterocycles. The monoisotopic (exact) mass is 261 g/mol. The van der Waals surface area contributed by atoms with E-state index < -0.39 is 12.8 Å². The largest absolute Gasteiger partial charge is 0.484 e. The minimum atomic E-state index is -4.33. The highest BCUT2D eigenvalue weighted by atomic mass is 19.4. The van der Waals surface area contributed by atoms with Crippen molar-refractivity contribution in [3.05, 3.63) is 18.3 Å². The maximum Gasteiger partial charge on any atom is 0.422 e. The zero-order valence-corrected chi connectivity index (χ0v) is 9.65. The summed E-state index contributed by atoms with van der Waals surface area (Å²) in [4.78, 5) is 6.05. The Kier molecular flexibility index (Phi) is 3.60. The van der Waals surface area contributed by atoms with E-state index in [9.17, 15) is 13.2 Å². The van der Waals surface area contributed by atoms with Crippen molar-refractivity contribution in [2.24, 2.45) is 5.73 Å². The van der Waals surface area contributed by atoms with Crippen LogP contribution in [0.25, 0.3) is 0 Å². The van der Waals surface area contributed by atoms with Crippen molar-refractivity contribution in [3.8, 4) is 5.75 Å². The third kappa shape index (κ3) is 3.49. The summed E-state index contributed by atoms with van der Waals surface area (Å²) >= 11 is 0. The van der Waals surface area contributed by atoms with Crippen molar-refractivity contribution >= 4 is 5.82 Å². The summed E-state index contributed by atoms with van der Waals surface area (Å²) < 4.78 is 40.8. The van der Waals surface area contributed by atoms with Gasteiger partial charge in [0.1, 0.15) is 11.6 Å². The molecule has 7 heteroatoms. The van der Waals surface area contributed by atoms with Crippen molar-refractivity contribution in [2.45, 2.75) is 18.6 Å². The van der Waals surface area contributed by atoms with E-state index in [1.54, 1.807) is 0 Å². The molecule has 0 radical (unpaired) electrons. The second-order valence-corrected chi connectivity index (χ2v) is 4.25. The van der Waals surface area contributed by atoms with E-state index in [0.717, 1.165) is 13.0 Å². The average Bonchev–Trinajstić information content (AvgIpc) is 2.73. The molecule has 0 aromatic carbocycles. The zero-order valence-electron chi connectivity index (χ0n) is 9.65. The average molecular weight is 261 g/mol. The van der Waals surface area contributed by atoms with E-state index in [4.69, 9.17) is 5.73 Å². The molecule has 18 heavy (non-hydrogen) atoms. The highest BCUT2D eigenvalue weighted by molar-refractivity contribution is 5.44.